The summed E-state index contributed by atoms with van der Waals surface area (Å²) in [5, 5.41) is 11.2. The van der Waals surface area contributed by atoms with Gasteiger partial charge < -0.3 is 10.2 Å². The van der Waals surface area contributed by atoms with Crippen LogP contribution in [0.1, 0.15) is 17.3 Å². The van der Waals surface area contributed by atoms with Crippen LogP contribution in [0.5, 0.6) is 0 Å². The van der Waals surface area contributed by atoms with Crippen molar-refractivity contribution in [3.63, 3.8) is 0 Å². The molecule has 3 rings (SSSR count). The number of amides is 1. The van der Waals surface area contributed by atoms with Gasteiger partial charge in [-0.25, -0.2) is 0 Å². The molecular weight excluding hydrogens is 228 g/mol. The fraction of sp³-hybridized carbons (Fsp3) is 0.385. The maximum atomic E-state index is 12.6. The Labute approximate surface area is 105 Å². The fourth-order valence-corrected chi connectivity index (χ4v) is 2.44. The van der Waals surface area contributed by atoms with Crippen LogP contribution in [0.3, 0.4) is 0 Å². The lowest BCUT2D eigenvalue weighted by molar-refractivity contribution is 0.0657. The minimum atomic E-state index is 0.0823. The monoisotopic (exact) mass is 244 g/mol. The molecule has 1 amide bonds. The van der Waals surface area contributed by atoms with Gasteiger partial charge in [-0.15, -0.1) is 0 Å². The second-order valence-electron chi connectivity index (χ2n) is 4.69. The summed E-state index contributed by atoms with van der Waals surface area (Å²) in [7, 11) is 0. The highest BCUT2D eigenvalue weighted by atomic mass is 16.2. The molecule has 5 nitrogen and oxygen atoms in total. The number of aromatic nitrogens is 2. The first kappa shape index (κ1) is 11.2. The molecule has 1 aliphatic heterocycles. The number of H-pyrrole nitrogens is 1. The summed E-state index contributed by atoms with van der Waals surface area (Å²) in [6.45, 7) is 4.53. The van der Waals surface area contributed by atoms with E-state index in [1.807, 2.05) is 23.1 Å². The quantitative estimate of drug-likeness (QED) is 0.786. The van der Waals surface area contributed by atoms with E-state index < -0.39 is 0 Å². The molecule has 1 aliphatic rings. The number of benzene rings is 1. The van der Waals surface area contributed by atoms with E-state index in [0.29, 0.717) is 5.56 Å². The molecule has 1 fully saturated rings. The van der Waals surface area contributed by atoms with E-state index in [1.54, 1.807) is 6.20 Å². The van der Waals surface area contributed by atoms with Gasteiger partial charge in [-0.2, -0.15) is 5.10 Å². The zero-order chi connectivity index (χ0) is 12.5. The van der Waals surface area contributed by atoms with Crippen molar-refractivity contribution in [1.29, 1.82) is 0 Å². The van der Waals surface area contributed by atoms with Gasteiger partial charge in [-0.1, -0.05) is 12.1 Å². The summed E-state index contributed by atoms with van der Waals surface area (Å²) in [5.41, 5.74) is 1.53. The van der Waals surface area contributed by atoms with Crippen LogP contribution in [0, 0.1) is 0 Å². The molecule has 18 heavy (non-hydrogen) atoms. The summed E-state index contributed by atoms with van der Waals surface area (Å²) < 4.78 is 0. The number of hydrogen-bond donors (Lipinski definition) is 2. The lowest BCUT2D eigenvalue weighted by Crippen LogP contribution is -2.52. The first-order valence-electron chi connectivity index (χ1n) is 6.21. The third-order valence-corrected chi connectivity index (χ3v) is 3.47. The highest BCUT2D eigenvalue weighted by Crippen LogP contribution is 2.18. The molecule has 1 saturated heterocycles. The molecule has 1 atom stereocenters. The molecule has 1 aromatic heterocycles. The maximum Gasteiger partial charge on any atom is 0.256 e. The van der Waals surface area contributed by atoms with Gasteiger partial charge in [0.05, 0.1) is 17.3 Å². The minimum Gasteiger partial charge on any atom is -0.333 e. The van der Waals surface area contributed by atoms with E-state index in [0.717, 1.165) is 30.5 Å². The third-order valence-electron chi connectivity index (χ3n) is 3.47. The molecule has 94 valence electrons. The Hall–Kier alpha value is -1.88. The molecule has 0 spiro atoms. The number of piperazine rings is 1. The Morgan fingerprint density at radius 1 is 1.50 bits per heavy atom. The molecule has 2 N–H and O–H groups in total. The van der Waals surface area contributed by atoms with Crippen LogP contribution in [0.25, 0.3) is 10.9 Å². The number of nitrogens with zero attached hydrogens (tertiary/aromatic N) is 2. The SMILES string of the molecule is CC1CNCCN1C(=O)c1cccc2cn[nH]c12. The maximum absolute atomic E-state index is 12.6. The van der Waals surface area contributed by atoms with E-state index >= 15 is 0 Å². The Morgan fingerprint density at radius 2 is 2.39 bits per heavy atom. The zero-order valence-electron chi connectivity index (χ0n) is 10.3. The predicted octanol–water partition coefficient (Wildman–Crippen LogP) is 0.997. The molecule has 0 radical (unpaired) electrons. The molecule has 1 aromatic carbocycles. The lowest BCUT2D eigenvalue weighted by Gasteiger charge is -2.34. The van der Waals surface area contributed by atoms with Gasteiger partial charge >= 0.3 is 0 Å². The molecular formula is C13H16N4O. The van der Waals surface area contributed by atoms with Crippen molar-refractivity contribution in [3.8, 4) is 0 Å². The van der Waals surface area contributed by atoms with Crippen LogP contribution < -0.4 is 5.32 Å². The van der Waals surface area contributed by atoms with Crippen molar-refractivity contribution in [2.45, 2.75) is 13.0 Å². The standard InChI is InChI=1S/C13H16N4O/c1-9-7-14-5-6-17(9)13(18)11-4-2-3-10-8-15-16-12(10)11/h2-4,8-9,14H,5-7H2,1H3,(H,15,16). The van der Waals surface area contributed by atoms with E-state index in [-0.39, 0.29) is 11.9 Å². The molecule has 1 unspecified atom stereocenters. The molecule has 0 saturated carbocycles. The molecule has 2 aromatic rings. The van der Waals surface area contributed by atoms with Crippen LogP contribution in [-0.4, -0.2) is 46.7 Å². The van der Waals surface area contributed by atoms with Crippen LogP contribution in [0.2, 0.25) is 0 Å². The van der Waals surface area contributed by atoms with E-state index in [1.165, 1.54) is 0 Å². The minimum absolute atomic E-state index is 0.0823. The number of rotatable bonds is 1. The van der Waals surface area contributed by atoms with Gasteiger partial charge in [0.2, 0.25) is 0 Å². The van der Waals surface area contributed by atoms with Crippen LogP contribution in [0.4, 0.5) is 0 Å². The number of para-hydroxylation sites is 1. The van der Waals surface area contributed by atoms with Crippen molar-refractivity contribution >= 4 is 16.8 Å². The Morgan fingerprint density at radius 3 is 3.22 bits per heavy atom. The fourth-order valence-electron chi connectivity index (χ4n) is 2.44. The second kappa shape index (κ2) is 4.42. The second-order valence-corrected chi connectivity index (χ2v) is 4.69. The number of aromatic amines is 1. The number of carbonyl (C=O) groups excluding carboxylic acids is 1. The van der Waals surface area contributed by atoms with E-state index in [2.05, 4.69) is 22.4 Å². The summed E-state index contributed by atoms with van der Waals surface area (Å²) in [4.78, 5) is 14.5. The average Bonchev–Trinajstić information content (AvgIpc) is 2.86. The van der Waals surface area contributed by atoms with Crippen molar-refractivity contribution < 1.29 is 4.79 Å². The number of nitrogens with one attached hydrogen (secondary N) is 2. The first-order chi connectivity index (χ1) is 8.77. The molecule has 0 aliphatic carbocycles. The van der Waals surface area contributed by atoms with Crippen LogP contribution in [0.15, 0.2) is 24.4 Å². The van der Waals surface area contributed by atoms with Crippen LogP contribution in [-0.2, 0) is 0 Å². The van der Waals surface area contributed by atoms with E-state index in [4.69, 9.17) is 0 Å². The van der Waals surface area contributed by atoms with Crippen molar-refractivity contribution in [3.05, 3.63) is 30.0 Å². The Balaban J connectivity index is 1.98. The smallest absolute Gasteiger partial charge is 0.256 e. The molecule has 0 bridgehead atoms. The Kier molecular flexibility index (Phi) is 2.76. The number of carbonyl (C=O) groups is 1. The highest BCUT2D eigenvalue weighted by Gasteiger charge is 2.25. The van der Waals surface area contributed by atoms with Crippen LogP contribution >= 0.6 is 0 Å². The predicted molar refractivity (Wildman–Crippen MR) is 69.5 cm³/mol. The average molecular weight is 244 g/mol. The van der Waals surface area contributed by atoms with Gasteiger partial charge in [0.1, 0.15) is 0 Å². The van der Waals surface area contributed by atoms with Crippen molar-refractivity contribution in [1.82, 2.24) is 20.4 Å². The normalized spacial score (nSPS) is 20.3. The summed E-state index contributed by atoms with van der Waals surface area (Å²) in [6, 6.07) is 5.94. The summed E-state index contributed by atoms with van der Waals surface area (Å²) >= 11 is 0. The lowest BCUT2D eigenvalue weighted by atomic mass is 10.1. The summed E-state index contributed by atoms with van der Waals surface area (Å²) in [5.74, 6) is 0.0823. The highest BCUT2D eigenvalue weighted by molar-refractivity contribution is 6.05. The topological polar surface area (TPSA) is 61.0 Å². The van der Waals surface area contributed by atoms with E-state index in [9.17, 15) is 4.79 Å². The first-order valence-corrected chi connectivity index (χ1v) is 6.21. The number of hydrogen-bond acceptors (Lipinski definition) is 3. The number of fused-ring (bicyclic) bond motifs is 1. The summed E-state index contributed by atoms with van der Waals surface area (Å²) in [6.07, 6.45) is 1.74. The molecule has 2 heterocycles. The molecule has 5 heteroatoms. The van der Waals surface area contributed by atoms with Gasteiger partial charge in [0.15, 0.2) is 0 Å². The van der Waals surface area contributed by atoms with Crippen molar-refractivity contribution in [2.24, 2.45) is 0 Å². The van der Waals surface area contributed by atoms with Gasteiger partial charge in [-0.05, 0) is 13.0 Å². The van der Waals surface area contributed by atoms with Crippen molar-refractivity contribution in [2.75, 3.05) is 19.6 Å². The van der Waals surface area contributed by atoms with Gasteiger partial charge in [-0.3, -0.25) is 9.89 Å². The van der Waals surface area contributed by atoms with Gasteiger partial charge in [0, 0.05) is 31.1 Å². The van der Waals surface area contributed by atoms with Gasteiger partial charge in [0.25, 0.3) is 5.91 Å². The third kappa shape index (κ3) is 1.76. The Bertz CT molecular complexity index is 577. The largest absolute Gasteiger partial charge is 0.333 e. The zero-order valence-corrected chi connectivity index (χ0v) is 10.3.